The maximum Gasteiger partial charge on any atom is 0.424 e. The number of rotatable bonds is 2. The molecular formula is C10H6ClF3N4O3. The van der Waals surface area contributed by atoms with E-state index in [4.69, 9.17) is 22.1 Å². The van der Waals surface area contributed by atoms with Gasteiger partial charge in [0.25, 0.3) is 5.88 Å². The Balaban J connectivity index is 2.99. The molecule has 1 aromatic heterocycles. The predicted molar refractivity (Wildman–Crippen MR) is 67.2 cm³/mol. The van der Waals surface area contributed by atoms with E-state index in [0.717, 1.165) is 6.07 Å². The highest BCUT2D eigenvalue weighted by atomic mass is 35.5. The van der Waals surface area contributed by atoms with Crippen LogP contribution in [0.2, 0.25) is 5.02 Å². The zero-order valence-electron chi connectivity index (χ0n) is 10.2. The molecule has 21 heavy (non-hydrogen) atoms. The number of nitrogens with zero attached hydrogens (tertiary/aromatic N) is 3. The second-order valence-electron chi connectivity index (χ2n) is 3.82. The van der Waals surface area contributed by atoms with Crippen molar-refractivity contribution >= 4 is 34.1 Å². The average Bonchev–Trinajstić information content (AvgIpc) is 2.35. The van der Waals surface area contributed by atoms with Crippen LogP contribution in [0.5, 0.6) is 5.88 Å². The summed E-state index contributed by atoms with van der Waals surface area (Å²) in [6.45, 7) is 0. The van der Waals surface area contributed by atoms with Crippen LogP contribution in [0.1, 0.15) is 5.56 Å². The van der Waals surface area contributed by atoms with Gasteiger partial charge in [0, 0.05) is 0 Å². The van der Waals surface area contributed by atoms with Gasteiger partial charge in [-0.05, 0) is 6.07 Å². The highest BCUT2D eigenvalue weighted by Crippen LogP contribution is 2.44. The molecule has 2 rings (SSSR count). The van der Waals surface area contributed by atoms with Crippen LogP contribution >= 0.6 is 11.6 Å². The number of nitro benzene ring substituents is 1. The first-order valence-corrected chi connectivity index (χ1v) is 5.60. The quantitative estimate of drug-likeness (QED) is 0.673. The third-order valence-corrected chi connectivity index (χ3v) is 2.84. The molecule has 2 N–H and O–H groups in total. The molecule has 0 unspecified atom stereocenters. The van der Waals surface area contributed by atoms with E-state index in [9.17, 15) is 23.3 Å². The summed E-state index contributed by atoms with van der Waals surface area (Å²) in [5.74, 6) is -0.545. The number of benzene rings is 1. The molecule has 0 aliphatic heterocycles. The Hall–Kier alpha value is -2.36. The zero-order chi connectivity index (χ0) is 15.9. The van der Waals surface area contributed by atoms with Crippen molar-refractivity contribution in [2.45, 2.75) is 6.18 Å². The maximum absolute atomic E-state index is 13.0. The number of aromatic nitrogens is 2. The van der Waals surface area contributed by atoms with Crippen molar-refractivity contribution in [2.24, 2.45) is 0 Å². The van der Waals surface area contributed by atoms with Crippen LogP contribution < -0.4 is 10.5 Å². The summed E-state index contributed by atoms with van der Waals surface area (Å²) in [5.41, 5.74) is 1.69. The number of fused-ring (bicyclic) bond motifs is 1. The molecule has 0 bridgehead atoms. The number of nitro groups is 1. The lowest BCUT2D eigenvalue weighted by molar-refractivity contribution is -0.386. The van der Waals surface area contributed by atoms with Crippen LogP contribution in [-0.4, -0.2) is 22.0 Å². The van der Waals surface area contributed by atoms with Crippen molar-refractivity contribution in [2.75, 3.05) is 12.8 Å². The van der Waals surface area contributed by atoms with Crippen LogP contribution in [0.15, 0.2) is 6.07 Å². The topological polar surface area (TPSA) is 104 Å². The molecule has 0 radical (unpaired) electrons. The van der Waals surface area contributed by atoms with Crippen molar-refractivity contribution in [3.05, 3.63) is 26.8 Å². The predicted octanol–water partition coefficient (Wildman–Crippen LogP) is 2.80. The van der Waals surface area contributed by atoms with E-state index in [2.05, 4.69) is 9.97 Å². The zero-order valence-corrected chi connectivity index (χ0v) is 11.0. The van der Waals surface area contributed by atoms with Gasteiger partial charge in [-0.25, -0.2) is 9.97 Å². The smallest absolute Gasteiger partial charge is 0.424 e. The van der Waals surface area contributed by atoms with Gasteiger partial charge in [-0.3, -0.25) is 10.1 Å². The number of anilines is 1. The monoisotopic (exact) mass is 322 g/mol. The molecule has 0 saturated carbocycles. The number of alkyl halides is 3. The van der Waals surface area contributed by atoms with E-state index in [0.29, 0.717) is 0 Å². The lowest BCUT2D eigenvalue weighted by Gasteiger charge is -2.12. The number of nitrogen functional groups attached to an aromatic ring is 1. The molecule has 0 aliphatic carbocycles. The van der Waals surface area contributed by atoms with Gasteiger partial charge < -0.3 is 10.5 Å². The lowest BCUT2D eigenvalue weighted by atomic mass is 10.1. The second-order valence-corrected chi connectivity index (χ2v) is 4.23. The van der Waals surface area contributed by atoms with Crippen molar-refractivity contribution in [1.82, 2.24) is 9.97 Å². The van der Waals surface area contributed by atoms with E-state index in [-0.39, 0.29) is 17.2 Å². The average molecular weight is 323 g/mol. The van der Waals surface area contributed by atoms with Crippen LogP contribution in [0.4, 0.5) is 24.7 Å². The lowest BCUT2D eigenvalue weighted by Crippen LogP contribution is -2.12. The third kappa shape index (κ3) is 2.49. The minimum absolute atomic E-state index is 0.173. The molecule has 1 heterocycles. The summed E-state index contributed by atoms with van der Waals surface area (Å²) in [6, 6.07) is 0.821. The Kier molecular flexibility index (Phi) is 3.49. The van der Waals surface area contributed by atoms with Gasteiger partial charge in [0.15, 0.2) is 16.9 Å². The Labute approximate surface area is 119 Å². The van der Waals surface area contributed by atoms with Gasteiger partial charge in [-0.15, -0.1) is 0 Å². The highest BCUT2D eigenvalue weighted by Gasteiger charge is 2.43. The largest absolute Gasteiger partial charge is 0.478 e. The van der Waals surface area contributed by atoms with E-state index >= 15 is 0 Å². The number of nitrogens with two attached hydrogens (primary N) is 1. The van der Waals surface area contributed by atoms with E-state index in [1.54, 1.807) is 0 Å². The molecule has 0 amide bonds. The van der Waals surface area contributed by atoms with Gasteiger partial charge in [-0.2, -0.15) is 13.2 Å². The summed E-state index contributed by atoms with van der Waals surface area (Å²) in [6.07, 6.45) is -5.02. The summed E-state index contributed by atoms with van der Waals surface area (Å²) in [4.78, 5) is 17.1. The van der Waals surface area contributed by atoms with Gasteiger partial charge in [0.1, 0.15) is 5.52 Å². The summed E-state index contributed by atoms with van der Waals surface area (Å²) in [7, 11) is 1.21. The maximum atomic E-state index is 13.0. The summed E-state index contributed by atoms with van der Waals surface area (Å²) in [5, 5.41) is 10.1. The van der Waals surface area contributed by atoms with Crippen LogP contribution in [0.3, 0.4) is 0 Å². The number of hydrogen-bond acceptors (Lipinski definition) is 6. The van der Waals surface area contributed by atoms with Crippen molar-refractivity contribution < 1.29 is 22.8 Å². The Morgan fingerprint density at radius 1 is 1.43 bits per heavy atom. The fraction of sp³-hybridized carbons (Fsp3) is 0.200. The molecule has 0 spiro atoms. The number of methoxy groups -OCH3 is 1. The van der Waals surface area contributed by atoms with Crippen LogP contribution in [0, 0.1) is 10.1 Å². The van der Waals surface area contributed by atoms with Crippen molar-refractivity contribution in [3.8, 4) is 5.88 Å². The Morgan fingerprint density at radius 3 is 2.52 bits per heavy atom. The van der Waals surface area contributed by atoms with E-state index < -0.39 is 32.9 Å². The Morgan fingerprint density at radius 2 is 2.05 bits per heavy atom. The number of hydrogen-bond donors (Lipinski definition) is 1. The molecule has 0 atom stereocenters. The summed E-state index contributed by atoms with van der Waals surface area (Å²) >= 11 is 5.51. The van der Waals surface area contributed by atoms with Crippen molar-refractivity contribution in [3.63, 3.8) is 0 Å². The van der Waals surface area contributed by atoms with Gasteiger partial charge >= 0.3 is 11.9 Å². The van der Waals surface area contributed by atoms with E-state index in [1.807, 2.05) is 0 Å². The molecule has 0 aliphatic rings. The molecule has 11 heteroatoms. The minimum atomic E-state index is -5.02. The first kappa shape index (κ1) is 15.0. The van der Waals surface area contributed by atoms with Gasteiger partial charge in [-0.1, -0.05) is 11.6 Å². The molecule has 0 saturated heterocycles. The van der Waals surface area contributed by atoms with Crippen LogP contribution in [0.25, 0.3) is 11.0 Å². The van der Waals surface area contributed by atoms with E-state index in [1.165, 1.54) is 7.11 Å². The molecule has 0 fully saturated rings. The number of halogens is 4. The van der Waals surface area contributed by atoms with Gasteiger partial charge in [0.05, 0.1) is 17.1 Å². The van der Waals surface area contributed by atoms with Gasteiger partial charge in [0.2, 0.25) is 0 Å². The first-order valence-electron chi connectivity index (χ1n) is 5.22. The second kappa shape index (κ2) is 4.88. The molecule has 7 nitrogen and oxygen atoms in total. The van der Waals surface area contributed by atoms with Crippen molar-refractivity contribution in [1.29, 1.82) is 0 Å². The number of ether oxygens (including phenoxy) is 1. The fourth-order valence-corrected chi connectivity index (χ4v) is 2.04. The highest BCUT2D eigenvalue weighted by molar-refractivity contribution is 6.32. The molecular weight excluding hydrogens is 317 g/mol. The fourth-order valence-electron chi connectivity index (χ4n) is 1.74. The minimum Gasteiger partial charge on any atom is -0.478 e. The summed E-state index contributed by atoms with van der Waals surface area (Å²) < 4.78 is 43.6. The normalized spacial score (nSPS) is 11.7. The molecule has 112 valence electrons. The molecule has 2 aromatic rings. The molecule has 1 aromatic carbocycles. The Bertz CT molecular complexity index is 751. The first-order chi connectivity index (χ1) is 9.66. The van der Waals surface area contributed by atoms with Crippen LogP contribution in [-0.2, 0) is 6.18 Å². The SMILES string of the molecule is COc1nc2cc(Cl)c(C(F)(F)F)c([N+](=O)[O-])c2nc1N. The third-order valence-electron chi connectivity index (χ3n) is 2.54. The standard InChI is InChI=1S/C10H6ClF3N4O3/c1-21-9-8(15)17-6-4(16-9)2-3(11)5(10(12,13)14)7(6)18(19)20/h2H,1H3,(H2,15,17).